The van der Waals surface area contributed by atoms with Crippen LogP contribution in [-0.4, -0.2) is 16.3 Å². The van der Waals surface area contributed by atoms with Crippen LogP contribution in [0.3, 0.4) is 0 Å². The van der Waals surface area contributed by atoms with E-state index in [0.717, 1.165) is 0 Å². The van der Waals surface area contributed by atoms with E-state index in [0.29, 0.717) is 22.3 Å². The van der Waals surface area contributed by atoms with Gasteiger partial charge in [-0.15, -0.1) is 0 Å². The molecule has 0 amide bonds. The van der Waals surface area contributed by atoms with E-state index < -0.39 is 17.7 Å². The first-order valence-electron chi connectivity index (χ1n) is 6.32. The Labute approximate surface area is 125 Å². The topological polar surface area (TPSA) is 29.9 Å². The highest BCUT2D eigenvalue weighted by Crippen LogP contribution is 2.32. The maximum absolute atomic E-state index is 14.4. The lowest BCUT2D eigenvalue weighted by Gasteiger charge is -2.21. The number of halogens is 3. The molecular formula is C14H16BrF2N3. The van der Waals surface area contributed by atoms with Crippen molar-refractivity contribution in [1.29, 1.82) is 0 Å². The summed E-state index contributed by atoms with van der Waals surface area (Å²) in [5.74, 6) is -1.09. The van der Waals surface area contributed by atoms with Gasteiger partial charge in [-0.3, -0.25) is 4.68 Å². The molecule has 2 aromatic rings. The summed E-state index contributed by atoms with van der Waals surface area (Å²) in [6.07, 6.45) is 1.62. The molecule has 1 N–H and O–H groups in total. The van der Waals surface area contributed by atoms with Crippen LogP contribution >= 0.6 is 15.9 Å². The van der Waals surface area contributed by atoms with E-state index in [4.69, 9.17) is 0 Å². The fraction of sp³-hybridized carbons (Fsp3) is 0.357. The van der Waals surface area contributed by atoms with Crippen LogP contribution in [-0.2, 0) is 7.05 Å². The monoisotopic (exact) mass is 343 g/mol. The van der Waals surface area contributed by atoms with Crippen molar-refractivity contribution >= 4 is 15.9 Å². The van der Waals surface area contributed by atoms with Gasteiger partial charge in [0.05, 0.1) is 22.4 Å². The molecule has 0 bridgehead atoms. The van der Waals surface area contributed by atoms with Crippen LogP contribution in [0.4, 0.5) is 8.78 Å². The number of nitrogens with zero attached hydrogens (tertiary/aromatic N) is 2. The molecule has 0 radical (unpaired) electrons. The molecule has 0 aliphatic carbocycles. The largest absolute Gasteiger partial charge is 0.305 e. The van der Waals surface area contributed by atoms with Crippen LogP contribution in [0.15, 0.2) is 22.8 Å². The first kappa shape index (κ1) is 15.1. The second-order valence-electron chi connectivity index (χ2n) is 4.58. The van der Waals surface area contributed by atoms with E-state index in [1.165, 1.54) is 12.1 Å². The van der Waals surface area contributed by atoms with Gasteiger partial charge in [-0.2, -0.15) is 5.10 Å². The summed E-state index contributed by atoms with van der Waals surface area (Å²) in [5.41, 5.74) is 1.13. The van der Waals surface area contributed by atoms with Crippen molar-refractivity contribution < 1.29 is 8.78 Å². The molecule has 2 rings (SSSR count). The van der Waals surface area contributed by atoms with Crippen molar-refractivity contribution in [2.45, 2.75) is 19.9 Å². The van der Waals surface area contributed by atoms with Gasteiger partial charge in [0.25, 0.3) is 0 Å². The average molecular weight is 344 g/mol. The van der Waals surface area contributed by atoms with Gasteiger partial charge < -0.3 is 5.32 Å². The standard InChI is InChI=1S/C14H16BrF2N3/c1-4-18-13(14-9(15)7-19-20(14)3)11-10(16)6-5-8(2)12(11)17/h5-7,13,18H,4H2,1-3H3. The molecule has 0 aliphatic rings. The minimum atomic E-state index is -0.596. The van der Waals surface area contributed by atoms with Crippen molar-refractivity contribution in [3.8, 4) is 0 Å². The van der Waals surface area contributed by atoms with Gasteiger partial charge >= 0.3 is 0 Å². The molecule has 0 saturated heterocycles. The highest BCUT2D eigenvalue weighted by atomic mass is 79.9. The Kier molecular flexibility index (Phi) is 4.55. The van der Waals surface area contributed by atoms with Crippen LogP contribution in [0.2, 0.25) is 0 Å². The Morgan fingerprint density at radius 3 is 2.65 bits per heavy atom. The summed E-state index contributed by atoms with van der Waals surface area (Å²) in [6, 6.07) is 2.14. The zero-order valence-electron chi connectivity index (χ0n) is 11.5. The predicted octanol–water partition coefficient (Wildman–Crippen LogP) is 3.47. The zero-order chi connectivity index (χ0) is 14.9. The molecule has 108 valence electrons. The summed E-state index contributed by atoms with van der Waals surface area (Å²) < 4.78 is 30.8. The lowest BCUT2D eigenvalue weighted by Crippen LogP contribution is -2.27. The van der Waals surface area contributed by atoms with E-state index in [-0.39, 0.29) is 5.56 Å². The molecular weight excluding hydrogens is 328 g/mol. The zero-order valence-corrected chi connectivity index (χ0v) is 13.1. The lowest BCUT2D eigenvalue weighted by atomic mass is 9.99. The molecule has 3 nitrogen and oxygen atoms in total. The molecule has 0 fully saturated rings. The summed E-state index contributed by atoms with van der Waals surface area (Å²) in [7, 11) is 1.75. The van der Waals surface area contributed by atoms with Crippen LogP contribution < -0.4 is 5.32 Å². The Morgan fingerprint density at radius 1 is 1.40 bits per heavy atom. The van der Waals surface area contributed by atoms with Gasteiger partial charge in [0.1, 0.15) is 11.6 Å². The second kappa shape index (κ2) is 6.01. The predicted molar refractivity (Wildman–Crippen MR) is 77.5 cm³/mol. The Hall–Kier alpha value is -1.27. The van der Waals surface area contributed by atoms with Gasteiger partial charge in [-0.25, -0.2) is 8.78 Å². The van der Waals surface area contributed by atoms with Gasteiger partial charge in [0.2, 0.25) is 0 Å². The van der Waals surface area contributed by atoms with E-state index >= 15 is 0 Å². The number of hydrogen-bond donors (Lipinski definition) is 1. The van der Waals surface area contributed by atoms with E-state index in [9.17, 15) is 8.78 Å². The van der Waals surface area contributed by atoms with Crippen LogP contribution in [0.1, 0.15) is 29.8 Å². The first-order chi connectivity index (χ1) is 9.47. The second-order valence-corrected chi connectivity index (χ2v) is 5.44. The number of nitrogens with one attached hydrogen (secondary N) is 1. The Balaban J connectivity index is 2.64. The molecule has 6 heteroatoms. The number of aromatic nitrogens is 2. The van der Waals surface area contributed by atoms with Crippen LogP contribution in [0.5, 0.6) is 0 Å². The van der Waals surface area contributed by atoms with Gasteiger partial charge in [0, 0.05) is 12.6 Å². The van der Waals surface area contributed by atoms with Gasteiger partial charge in [-0.05, 0) is 41.0 Å². The highest BCUT2D eigenvalue weighted by molar-refractivity contribution is 9.10. The molecule has 1 unspecified atom stereocenters. The van der Waals surface area contributed by atoms with Crippen molar-refractivity contribution in [2.24, 2.45) is 7.05 Å². The van der Waals surface area contributed by atoms with E-state index in [2.05, 4.69) is 26.3 Å². The number of benzene rings is 1. The number of aryl methyl sites for hydroxylation is 2. The maximum atomic E-state index is 14.4. The Morgan fingerprint density at radius 2 is 2.10 bits per heavy atom. The molecule has 20 heavy (non-hydrogen) atoms. The SMILES string of the molecule is CCNC(c1c(F)ccc(C)c1F)c1c(Br)cnn1C. The molecule has 0 spiro atoms. The number of rotatable bonds is 4. The summed E-state index contributed by atoms with van der Waals surface area (Å²) >= 11 is 3.38. The summed E-state index contributed by atoms with van der Waals surface area (Å²) in [5, 5.41) is 7.23. The van der Waals surface area contributed by atoms with Crippen molar-refractivity contribution in [1.82, 2.24) is 15.1 Å². The van der Waals surface area contributed by atoms with Crippen molar-refractivity contribution in [3.05, 3.63) is 51.3 Å². The fourth-order valence-electron chi connectivity index (χ4n) is 2.23. The van der Waals surface area contributed by atoms with Crippen LogP contribution in [0.25, 0.3) is 0 Å². The van der Waals surface area contributed by atoms with Crippen molar-refractivity contribution in [2.75, 3.05) is 6.54 Å². The molecule has 1 atom stereocenters. The summed E-state index contributed by atoms with van der Waals surface area (Å²) in [6.45, 7) is 4.09. The third-order valence-corrected chi connectivity index (χ3v) is 3.84. The quantitative estimate of drug-likeness (QED) is 0.921. The third kappa shape index (κ3) is 2.62. The maximum Gasteiger partial charge on any atom is 0.134 e. The highest BCUT2D eigenvalue weighted by Gasteiger charge is 2.26. The normalized spacial score (nSPS) is 12.7. The first-order valence-corrected chi connectivity index (χ1v) is 7.12. The fourth-order valence-corrected chi connectivity index (χ4v) is 2.80. The molecule has 0 saturated carbocycles. The average Bonchev–Trinajstić information content (AvgIpc) is 2.73. The molecule has 1 aromatic carbocycles. The van der Waals surface area contributed by atoms with Gasteiger partial charge in [0.15, 0.2) is 0 Å². The Bertz CT molecular complexity index is 606. The lowest BCUT2D eigenvalue weighted by molar-refractivity contribution is 0.489. The van der Waals surface area contributed by atoms with Crippen LogP contribution in [0, 0.1) is 18.6 Å². The minimum absolute atomic E-state index is 0.0242. The van der Waals surface area contributed by atoms with E-state index in [1.54, 1.807) is 24.9 Å². The smallest absolute Gasteiger partial charge is 0.134 e. The molecule has 1 aromatic heterocycles. The van der Waals surface area contributed by atoms with E-state index in [1.807, 2.05) is 6.92 Å². The third-order valence-electron chi connectivity index (χ3n) is 3.23. The summed E-state index contributed by atoms with van der Waals surface area (Å²) in [4.78, 5) is 0. The molecule has 1 heterocycles. The molecule has 0 aliphatic heterocycles. The van der Waals surface area contributed by atoms with Crippen molar-refractivity contribution in [3.63, 3.8) is 0 Å². The minimum Gasteiger partial charge on any atom is -0.305 e. The van der Waals surface area contributed by atoms with Gasteiger partial charge in [-0.1, -0.05) is 13.0 Å². The number of hydrogen-bond acceptors (Lipinski definition) is 2.